The fraction of sp³-hybridized carbons (Fsp3) is 0.538. The second-order valence-electron chi connectivity index (χ2n) is 4.41. The zero-order chi connectivity index (χ0) is 12.7. The van der Waals surface area contributed by atoms with Gasteiger partial charge in [0.25, 0.3) is 0 Å². The molecule has 2 N–H and O–H groups in total. The first-order valence-electron chi connectivity index (χ1n) is 6.00. The molecule has 1 amide bonds. The molecule has 1 aromatic heterocycles. The maximum absolute atomic E-state index is 11.5. The Labute approximate surface area is 103 Å². The summed E-state index contributed by atoms with van der Waals surface area (Å²) in [6, 6.07) is 6.23. The van der Waals surface area contributed by atoms with E-state index in [0.717, 1.165) is 11.4 Å². The van der Waals surface area contributed by atoms with Crippen molar-refractivity contribution in [2.45, 2.75) is 39.8 Å². The summed E-state index contributed by atoms with van der Waals surface area (Å²) in [7, 11) is 0. The Balaban J connectivity index is 2.24. The topological polar surface area (TPSA) is 54.0 Å². The van der Waals surface area contributed by atoms with Crippen molar-refractivity contribution in [1.29, 1.82) is 0 Å². The lowest BCUT2D eigenvalue weighted by atomic mass is 10.3. The van der Waals surface area contributed by atoms with Crippen molar-refractivity contribution in [3.63, 3.8) is 0 Å². The van der Waals surface area contributed by atoms with E-state index in [9.17, 15) is 4.79 Å². The molecular formula is C13H21N3O. The maximum atomic E-state index is 11.5. The summed E-state index contributed by atoms with van der Waals surface area (Å²) in [6.45, 7) is 7.29. The third-order valence-electron chi connectivity index (χ3n) is 2.32. The highest BCUT2D eigenvalue weighted by Gasteiger charge is 2.02. The zero-order valence-corrected chi connectivity index (χ0v) is 10.8. The summed E-state index contributed by atoms with van der Waals surface area (Å²) >= 11 is 0. The van der Waals surface area contributed by atoms with Gasteiger partial charge in [-0.3, -0.25) is 9.78 Å². The molecule has 0 fully saturated rings. The first-order valence-corrected chi connectivity index (χ1v) is 6.00. The molecule has 0 radical (unpaired) electrons. The molecule has 0 aliphatic carbocycles. The first kappa shape index (κ1) is 13.6. The fourth-order valence-electron chi connectivity index (χ4n) is 1.45. The minimum Gasteiger partial charge on any atom is -0.350 e. The predicted molar refractivity (Wildman–Crippen MR) is 68.6 cm³/mol. The normalized spacial score (nSPS) is 10.6. The van der Waals surface area contributed by atoms with E-state index in [1.54, 1.807) is 0 Å². The van der Waals surface area contributed by atoms with Gasteiger partial charge in [0.15, 0.2) is 0 Å². The first-order chi connectivity index (χ1) is 8.08. The molecule has 4 nitrogen and oxygen atoms in total. The molecule has 0 aliphatic heterocycles. The Morgan fingerprint density at radius 1 is 1.41 bits per heavy atom. The average molecular weight is 235 g/mol. The van der Waals surface area contributed by atoms with Crippen molar-refractivity contribution in [3.8, 4) is 0 Å². The van der Waals surface area contributed by atoms with Crippen LogP contribution >= 0.6 is 0 Å². The molecule has 1 rings (SSSR count). The summed E-state index contributed by atoms with van der Waals surface area (Å²) in [6.07, 6.45) is 0.504. The molecule has 0 unspecified atom stereocenters. The number of aromatic nitrogens is 1. The van der Waals surface area contributed by atoms with E-state index in [2.05, 4.69) is 29.5 Å². The van der Waals surface area contributed by atoms with Crippen LogP contribution in [0.25, 0.3) is 0 Å². The zero-order valence-electron chi connectivity index (χ0n) is 10.8. The van der Waals surface area contributed by atoms with Crippen molar-refractivity contribution < 1.29 is 4.79 Å². The van der Waals surface area contributed by atoms with Gasteiger partial charge in [-0.05, 0) is 19.1 Å². The number of nitrogens with zero attached hydrogens (tertiary/aromatic N) is 1. The Morgan fingerprint density at radius 2 is 2.18 bits per heavy atom. The van der Waals surface area contributed by atoms with Gasteiger partial charge in [0.2, 0.25) is 5.91 Å². The van der Waals surface area contributed by atoms with E-state index >= 15 is 0 Å². The number of carbonyl (C=O) groups excluding carboxylic acids is 1. The van der Waals surface area contributed by atoms with Crippen LogP contribution in [-0.4, -0.2) is 23.5 Å². The van der Waals surface area contributed by atoms with Gasteiger partial charge in [-0.25, -0.2) is 0 Å². The van der Waals surface area contributed by atoms with Crippen LogP contribution in [0.5, 0.6) is 0 Å². The molecule has 4 heteroatoms. The SMILES string of the molecule is Cc1cccc(CNC(=O)CCNC(C)C)n1. The summed E-state index contributed by atoms with van der Waals surface area (Å²) in [5.74, 6) is 0.0569. The summed E-state index contributed by atoms with van der Waals surface area (Å²) in [5.41, 5.74) is 1.87. The Morgan fingerprint density at radius 3 is 2.82 bits per heavy atom. The van der Waals surface area contributed by atoms with Crippen LogP contribution < -0.4 is 10.6 Å². The lowest BCUT2D eigenvalue weighted by Gasteiger charge is -2.08. The molecule has 0 saturated heterocycles. The van der Waals surface area contributed by atoms with E-state index in [0.29, 0.717) is 25.6 Å². The molecule has 1 heterocycles. The van der Waals surface area contributed by atoms with Gasteiger partial charge < -0.3 is 10.6 Å². The Kier molecular flexibility index (Phi) is 5.63. The number of nitrogens with one attached hydrogen (secondary N) is 2. The van der Waals surface area contributed by atoms with Crippen LogP contribution in [0.1, 0.15) is 31.7 Å². The lowest BCUT2D eigenvalue weighted by molar-refractivity contribution is -0.121. The highest BCUT2D eigenvalue weighted by molar-refractivity contribution is 5.75. The van der Waals surface area contributed by atoms with E-state index in [4.69, 9.17) is 0 Å². The molecular weight excluding hydrogens is 214 g/mol. The molecule has 1 aromatic rings. The third kappa shape index (κ3) is 6.02. The number of pyridine rings is 1. The van der Waals surface area contributed by atoms with Crippen molar-refractivity contribution in [2.75, 3.05) is 6.54 Å². The van der Waals surface area contributed by atoms with E-state index in [1.165, 1.54) is 0 Å². The van der Waals surface area contributed by atoms with E-state index < -0.39 is 0 Å². The van der Waals surface area contributed by atoms with Gasteiger partial charge in [-0.15, -0.1) is 0 Å². The van der Waals surface area contributed by atoms with Crippen LogP contribution in [-0.2, 0) is 11.3 Å². The second-order valence-corrected chi connectivity index (χ2v) is 4.41. The Bertz CT molecular complexity index is 363. The van der Waals surface area contributed by atoms with Crippen molar-refractivity contribution >= 4 is 5.91 Å². The van der Waals surface area contributed by atoms with Crippen molar-refractivity contribution in [2.24, 2.45) is 0 Å². The monoisotopic (exact) mass is 235 g/mol. The van der Waals surface area contributed by atoms with Crippen LogP contribution in [0, 0.1) is 6.92 Å². The standard InChI is InChI=1S/C13H21N3O/c1-10(2)14-8-7-13(17)15-9-12-6-4-5-11(3)16-12/h4-6,10,14H,7-9H2,1-3H3,(H,15,17). The molecule has 0 spiro atoms. The Hall–Kier alpha value is -1.42. The minimum atomic E-state index is 0.0569. The van der Waals surface area contributed by atoms with Gasteiger partial charge in [-0.1, -0.05) is 19.9 Å². The second kappa shape index (κ2) is 7.01. The van der Waals surface area contributed by atoms with E-state index in [-0.39, 0.29) is 5.91 Å². The lowest BCUT2D eigenvalue weighted by Crippen LogP contribution is -2.30. The van der Waals surface area contributed by atoms with Crippen molar-refractivity contribution in [3.05, 3.63) is 29.6 Å². The molecule has 94 valence electrons. The van der Waals surface area contributed by atoms with E-state index in [1.807, 2.05) is 25.1 Å². The predicted octanol–water partition coefficient (Wildman–Crippen LogP) is 1.39. The highest BCUT2D eigenvalue weighted by atomic mass is 16.1. The van der Waals surface area contributed by atoms with Crippen LogP contribution in [0.4, 0.5) is 0 Å². The summed E-state index contributed by atoms with van der Waals surface area (Å²) in [4.78, 5) is 15.8. The van der Waals surface area contributed by atoms with Gasteiger partial charge in [-0.2, -0.15) is 0 Å². The van der Waals surface area contributed by atoms with Gasteiger partial charge >= 0.3 is 0 Å². The highest BCUT2D eigenvalue weighted by Crippen LogP contribution is 1.97. The minimum absolute atomic E-state index is 0.0569. The largest absolute Gasteiger partial charge is 0.350 e. The molecule has 0 aliphatic rings. The summed E-state index contributed by atoms with van der Waals surface area (Å²) < 4.78 is 0. The van der Waals surface area contributed by atoms with Gasteiger partial charge in [0.05, 0.1) is 12.2 Å². The molecule has 0 bridgehead atoms. The van der Waals surface area contributed by atoms with Crippen LogP contribution in [0.3, 0.4) is 0 Å². The smallest absolute Gasteiger partial charge is 0.221 e. The number of carbonyl (C=O) groups is 1. The summed E-state index contributed by atoms with van der Waals surface area (Å²) in [5, 5.41) is 6.07. The number of hydrogen-bond acceptors (Lipinski definition) is 3. The van der Waals surface area contributed by atoms with Gasteiger partial charge in [0.1, 0.15) is 0 Å². The van der Waals surface area contributed by atoms with Crippen LogP contribution in [0.15, 0.2) is 18.2 Å². The number of amides is 1. The van der Waals surface area contributed by atoms with Crippen molar-refractivity contribution in [1.82, 2.24) is 15.6 Å². The fourth-order valence-corrected chi connectivity index (χ4v) is 1.45. The van der Waals surface area contributed by atoms with Crippen LogP contribution in [0.2, 0.25) is 0 Å². The average Bonchev–Trinajstić information content (AvgIpc) is 2.26. The number of rotatable bonds is 6. The molecule has 0 aromatic carbocycles. The molecule has 17 heavy (non-hydrogen) atoms. The molecule has 0 atom stereocenters. The third-order valence-corrected chi connectivity index (χ3v) is 2.32. The van der Waals surface area contributed by atoms with Gasteiger partial charge in [0, 0.05) is 24.7 Å². The number of hydrogen-bond donors (Lipinski definition) is 2. The number of aryl methyl sites for hydroxylation is 1. The quantitative estimate of drug-likeness (QED) is 0.783. The molecule has 0 saturated carbocycles. The maximum Gasteiger partial charge on any atom is 0.221 e.